The third-order valence-electron chi connectivity index (χ3n) is 3.98. The molecule has 0 bridgehead atoms. The van der Waals surface area contributed by atoms with Gasteiger partial charge >= 0.3 is 0 Å². The first-order valence-electron chi connectivity index (χ1n) is 7.78. The van der Waals surface area contributed by atoms with E-state index in [0.717, 1.165) is 5.56 Å². The summed E-state index contributed by atoms with van der Waals surface area (Å²) in [5, 5.41) is 3.71. The van der Waals surface area contributed by atoms with Gasteiger partial charge in [-0.1, -0.05) is 35.9 Å². The van der Waals surface area contributed by atoms with Gasteiger partial charge in [-0.25, -0.2) is 4.39 Å². The number of hydrogen-bond acceptors (Lipinski definition) is 3. The molecule has 126 valence electrons. The fourth-order valence-electron chi connectivity index (χ4n) is 2.80. The zero-order valence-corrected chi connectivity index (χ0v) is 13.8. The smallest absolute Gasteiger partial charge is 0.261 e. The summed E-state index contributed by atoms with van der Waals surface area (Å²) in [7, 11) is 0. The van der Waals surface area contributed by atoms with E-state index in [1.54, 1.807) is 35.2 Å². The summed E-state index contributed by atoms with van der Waals surface area (Å²) in [5.74, 6) is 0.0217. The van der Waals surface area contributed by atoms with Crippen LogP contribution in [0.1, 0.15) is 11.6 Å². The molecule has 2 aromatic carbocycles. The van der Waals surface area contributed by atoms with E-state index >= 15 is 0 Å². The lowest BCUT2D eigenvalue weighted by Crippen LogP contribution is -2.50. The van der Waals surface area contributed by atoms with Crippen molar-refractivity contribution in [3.8, 4) is 5.75 Å². The second kappa shape index (κ2) is 7.64. The van der Waals surface area contributed by atoms with Crippen molar-refractivity contribution in [2.75, 3.05) is 26.2 Å². The molecule has 4 nitrogen and oxygen atoms in total. The van der Waals surface area contributed by atoms with Crippen molar-refractivity contribution < 1.29 is 13.9 Å². The molecule has 1 aliphatic rings. The zero-order valence-electron chi connectivity index (χ0n) is 13.0. The average molecular weight is 349 g/mol. The number of nitrogens with one attached hydrogen (secondary N) is 1. The quantitative estimate of drug-likeness (QED) is 0.923. The van der Waals surface area contributed by atoms with Gasteiger partial charge in [0.1, 0.15) is 11.6 Å². The molecule has 0 aliphatic carbocycles. The van der Waals surface area contributed by atoms with Gasteiger partial charge in [0.25, 0.3) is 5.91 Å². The van der Waals surface area contributed by atoms with Crippen LogP contribution in [-0.4, -0.2) is 37.0 Å². The van der Waals surface area contributed by atoms with E-state index in [1.165, 1.54) is 12.1 Å². The maximum atomic E-state index is 13.5. The SMILES string of the molecule is O=C(COc1ccccc1Cl)N1CCNCC1c1cccc(F)c1. The predicted molar refractivity (Wildman–Crippen MR) is 90.7 cm³/mol. The number of halogens is 2. The van der Waals surface area contributed by atoms with Crippen LogP contribution in [0.15, 0.2) is 48.5 Å². The van der Waals surface area contributed by atoms with Crippen LogP contribution in [0.2, 0.25) is 5.02 Å². The highest BCUT2D eigenvalue weighted by Gasteiger charge is 2.28. The number of nitrogens with zero attached hydrogens (tertiary/aromatic N) is 1. The Morgan fingerprint density at radius 1 is 1.29 bits per heavy atom. The van der Waals surface area contributed by atoms with E-state index in [2.05, 4.69) is 5.32 Å². The van der Waals surface area contributed by atoms with Crippen LogP contribution in [-0.2, 0) is 4.79 Å². The van der Waals surface area contributed by atoms with Crippen molar-refractivity contribution in [1.82, 2.24) is 10.2 Å². The van der Waals surface area contributed by atoms with Crippen LogP contribution >= 0.6 is 11.6 Å². The summed E-state index contributed by atoms with van der Waals surface area (Å²) < 4.78 is 19.0. The van der Waals surface area contributed by atoms with Gasteiger partial charge in [-0.05, 0) is 29.8 Å². The maximum absolute atomic E-state index is 13.5. The Bertz CT molecular complexity index is 726. The lowest BCUT2D eigenvalue weighted by molar-refractivity contribution is -0.136. The number of hydrogen-bond donors (Lipinski definition) is 1. The molecule has 2 aromatic rings. The van der Waals surface area contributed by atoms with E-state index in [-0.39, 0.29) is 24.4 Å². The lowest BCUT2D eigenvalue weighted by Gasteiger charge is -2.36. The summed E-state index contributed by atoms with van der Waals surface area (Å²) in [5.41, 5.74) is 0.772. The Morgan fingerprint density at radius 2 is 2.12 bits per heavy atom. The lowest BCUT2D eigenvalue weighted by atomic mass is 10.0. The van der Waals surface area contributed by atoms with Gasteiger partial charge in [0.05, 0.1) is 11.1 Å². The van der Waals surface area contributed by atoms with Gasteiger partial charge in [0.15, 0.2) is 6.61 Å². The standard InChI is InChI=1S/C18H18ClFN2O2/c19-15-6-1-2-7-17(15)24-12-18(23)22-9-8-21-11-16(22)13-4-3-5-14(20)10-13/h1-7,10,16,21H,8-9,11-12H2. The molecule has 3 rings (SSSR count). The summed E-state index contributed by atoms with van der Waals surface area (Å²) in [4.78, 5) is 14.3. The molecule has 0 spiro atoms. The number of para-hydroxylation sites is 1. The van der Waals surface area contributed by atoms with E-state index in [0.29, 0.717) is 30.4 Å². The topological polar surface area (TPSA) is 41.6 Å². The molecule has 1 amide bonds. The van der Waals surface area contributed by atoms with E-state index in [1.807, 2.05) is 6.07 Å². The number of ether oxygens (including phenoxy) is 1. The first kappa shape index (κ1) is 16.7. The second-order valence-electron chi connectivity index (χ2n) is 5.58. The number of carbonyl (C=O) groups excluding carboxylic acids is 1. The van der Waals surface area contributed by atoms with Crippen LogP contribution in [0.5, 0.6) is 5.75 Å². The summed E-state index contributed by atoms with van der Waals surface area (Å²) in [6, 6.07) is 13.2. The monoisotopic (exact) mass is 348 g/mol. The van der Waals surface area contributed by atoms with Crippen molar-refractivity contribution >= 4 is 17.5 Å². The largest absolute Gasteiger partial charge is 0.482 e. The fraction of sp³-hybridized carbons (Fsp3) is 0.278. The highest BCUT2D eigenvalue weighted by molar-refractivity contribution is 6.32. The van der Waals surface area contributed by atoms with Gasteiger partial charge in [-0.3, -0.25) is 4.79 Å². The van der Waals surface area contributed by atoms with Crippen LogP contribution in [0.3, 0.4) is 0 Å². The van der Waals surface area contributed by atoms with Gasteiger partial charge < -0.3 is 15.0 Å². The average Bonchev–Trinajstić information content (AvgIpc) is 2.61. The summed E-state index contributed by atoms with van der Waals surface area (Å²) in [6.07, 6.45) is 0. The van der Waals surface area contributed by atoms with Crippen molar-refractivity contribution in [3.63, 3.8) is 0 Å². The molecule has 1 heterocycles. The Kier molecular flexibility index (Phi) is 5.33. The number of benzene rings is 2. The minimum atomic E-state index is -0.308. The fourth-order valence-corrected chi connectivity index (χ4v) is 2.99. The summed E-state index contributed by atoms with van der Waals surface area (Å²) >= 11 is 6.03. The third kappa shape index (κ3) is 3.86. The van der Waals surface area contributed by atoms with Gasteiger partial charge in [0, 0.05) is 19.6 Å². The molecule has 6 heteroatoms. The van der Waals surface area contributed by atoms with Crippen LogP contribution in [0.4, 0.5) is 4.39 Å². The Labute approximate surface area is 145 Å². The molecule has 1 atom stereocenters. The Balaban J connectivity index is 1.71. The molecule has 1 saturated heterocycles. The Hall–Kier alpha value is -2.11. The second-order valence-corrected chi connectivity index (χ2v) is 5.99. The van der Waals surface area contributed by atoms with Crippen molar-refractivity contribution in [3.05, 3.63) is 64.9 Å². The zero-order chi connectivity index (χ0) is 16.9. The first-order chi connectivity index (χ1) is 11.6. The minimum absolute atomic E-state index is 0.102. The molecular weight excluding hydrogens is 331 g/mol. The number of carbonyl (C=O) groups is 1. The van der Waals surface area contributed by atoms with Gasteiger partial charge in [-0.15, -0.1) is 0 Å². The van der Waals surface area contributed by atoms with Crippen LogP contribution in [0.25, 0.3) is 0 Å². The van der Waals surface area contributed by atoms with Gasteiger partial charge in [-0.2, -0.15) is 0 Å². The minimum Gasteiger partial charge on any atom is -0.482 e. The van der Waals surface area contributed by atoms with Crippen LogP contribution < -0.4 is 10.1 Å². The van der Waals surface area contributed by atoms with E-state index < -0.39 is 0 Å². The van der Waals surface area contributed by atoms with Crippen molar-refractivity contribution in [2.45, 2.75) is 6.04 Å². The number of piperazine rings is 1. The molecule has 0 radical (unpaired) electrons. The number of rotatable bonds is 4. The highest BCUT2D eigenvalue weighted by atomic mass is 35.5. The highest BCUT2D eigenvalue weighted by Crippen LogP contribution is 2.25. The molecule has 1 aliphatic heterocycles. The summed E-state index contributed by atoms with van der Waals surface area (Å²) in [6.45, 7) is 1.73. The van der Waals surface area contributed by atoms with Crippen LogP contribution in [0, 0.1) is 5.82 Å². The number of amides is 1. The first-order valence-corrected chi connectivity index (χ1v) is 8.16. The van der Waals surface area contributed by atoms with Crippen molar-refractivity contribution in [1.29, 1.82) is 0 Å². The Morgan fingerprint density at radius 3 is 2.92 bits per heavy atom. The maximum Gasteiger partial charge on any atom is 0.261 e. The normalized spacial score (nSPS) is 17.6. The van der Waals surface area contributed by atoms with Gasteiger partial charge in [0.2, 0.25) is 0 Å². The predicted octanol–water partition coefficient (Wildman–Crippen LogP) is 3.03. The third-order valence-corrected chi connectivity index (χ3v) is 4.30. The van der Waals surface area contributed by atoms with Crippen molar-refractivity contribution in [2.24, 2.45) is 0 Å². The van der Waals surface area contributed by atoms with E-state index in [9.17, 15) is 9.18 Å². The molecular formula is C18H18ClFN2O2. The molecule has 1 N–H and O–H groups in total. The molecule has 1 fully saturated rings. The molecule has 24 heavy (non-hydrogen) atoms. The van der Waals surface area contributed by atoms with E-state index in [4.69, 9.17) is 16.3 Å². The molecule has 1 unspecified atom stereocenters. The molecule has 0 saturated carbocycles. The molecule has 0 aromatic heterocycles.